The van der Waals surface area contributed by atoms with Crippen LogP contribution in [0.25, 0.3) is 0 Å². The van der Waals surface area contributed by atoms with E-state index in [-0.39, 0.29) is 0 Å². The predicted molar refractivity (Wildman–Crippen MR) is 84.4 cm³/mol. The summed E-state index contributed by atoms with van der Waals surface area (Å²) >= 11 is 0. The van der Waals surface area contributed by atoms with Crippen LogP contribution < -0.4 is 5.32 Å². The lowest BCUT2D eigenvalue weighted by atomic mass is 10.0. The Hall–Kier alpha value is -0.930. The summed E-state index contributed by atoms with van der Waals surface area (Å²) in [5, 5.41) is 3.45. The van der Waals surface area contributed by atoms with Gasteiger partial charge in [-0.2, -0.15) is 0 Å². The number of hydrogen-bond acceptors (Lipinski definition) is 3. The minimum Gasteiger partial charge on any atom is -0.312 e. The average molecular weight is 275 g/mol. The summed E-state index contributed by atoms with van der Waals surface area (Å²) in [6.07, 6.45) is 2.02. The Labute approximate surface area is 123 Å². The Balaban J connectivity index is 1.79. The predicted octanol–water partition coefficient (Wildman–Crippen LogP) is 2.92. The van der Waals surface area contributed by atoms with E-state index in [1.54, 1.807) is 0 Å². The molecule has 0 aliphatic carbocycles. The molecule has 2 unspecified atom stereocenters. The second-order valence-electron chi connectivity index (χ2n) is 6.83. The fourth-order valence-corrected chi connectivity index (χ4v) is 2.77. The van der Waals surface area contributed by atoms with E-state index in [4.69, 9.17) is 0 Å². The van der Waals surface area contributed by atoms with Crippen LogP contribution in [0.1, 0.15) is 39.0 Å². The van der Waals surface area contributed by atoms with Gasteiger partial charge in [0.1, 0.15) is 0 Å². The SMILES string of the molecule is CC(C)CNCc1ccc(CN2CC(C)C(C)C2)nc1. The molecule has 112 valence electrons. The summed E-state index contributed by atoms with van der Waals surface area (Å²) in [5.74, 6) is 2.32. The smallest absolute Gasteiger partial charge is 0.0544 e. The molecule has 1 aromatic rings. The van der Waals surface area contributed by atoms with Crippen molar-refractivity contribution >= 4 is 0 Å². The van der Waals surface area contributed by atoms with E-state index in [1.165, 1.54) is 24.3 Å². The van der Waals surface area contributed by atoms with Crippen LogP contribution >= 0.6 is 0 Å². The highest BCUT2D eigenvalue weighted by molar-refractivity contribution is 5.14. The molecule has 0 saturated carbocycles. The van der Waals surface area contributed by atoms with Crippen molar-refractivity contribution in [2.24, 2.45) is 17.8 Å². The van der Waals surface area contributed by atoms with Gasteiger partial charge < -0.3 is 5.32 Å². The maximum atomic E-state index is 4.61. The molecule has 0 spiro atoms. The Kier molecular flexibility index (Phi) is 5.55. The molecule has 1 aromatic heterocycles. The van der Waals surface area contributed by atoms with Gasteiger partial charge >= 0.3 is 0 Å². The van der Waals surface area contributed by atoms with E-state index >= 15 is 0 Å². The zero-order valence-corrected chi connectivity index (χ0v) is 13.4. The molecular weight excluding hydrogens is 246 g/mol. The van der Waals surface area contributed by atoms with Crippen molar-refractivity contribution in [2.45, 2.75) is 40.8 Å². The number of nitrogens with one attached hydrogen (secondary N) is 1. The maximum Gasteiger partial charge on any atom is 0.0544 e. The van der Waals surface area contributed by atoms with Crippen LogP contribution in [0, 0.1) is 17.8 Å². The lowest BCUT2D eigenvalue weighted by Gasteiger charge is -2.15. The molecular formula is C17H29N3. The van der Waals surface area contributed by atoms with E-state index < -0.39 is 0 Å². The van der Waals surface area contributed by atoms with Gasteiger partial charge in [0, 0.05) is 32.4 Å². The van der Waals surface area contributed by atoms with Crippen molar-refractivity contribution < 1.29 is 0 Å². The highest BCUT2D eigenvalue weighted by atomic mass is 15.2. The van der Waals surface area contributed by atoms with Crippen molar-refractivity contribution in [2.75, 3.05) is 19.6 Å². The lowest BCUT2D eigenvalue weighted by molar-refractivity contribution is 0.312. The fraction of sp³-hybridized carbons (Fsp3) is 0.706. The van der Waals surface area contributed by atoms with Gasteiger partial charge in [-0.05, 0) is 35.9 Å². The van der Waals surface area contributed by atoms with Crippen molar-refractivity contribution in [1.82, 2.24) is 15.2 Å². The lowest BCUT2D eigenvalue weighted by Crippen LogP contribution is -2.21. The first-order chi connectivity index (χ1) is 9.54. The largest absolute Gasteiger partial charge is 0.312 e. The number of pyridine rings is 1. The van der Waals surface area contributed by atoms with E-state index in [9.17, 15) is 0 Å². The van der Waals surface area contributed by atoms with Gasteiger partial charge in [0.15, 0.2) is 0 Å². The Morgan fingerprint density at radius 3 is 2.50 bits per heavy atom. The van der Waals surface area contributed by atoms with Gasteiger partial charge in [-0.3, -0.25) is 9.88 Å². The molecule has 0 radical (unpaired) electrons. The molecule has 1 saturated heterocycles. The molecule has 0 bridgehead atoms. The van der Waals surface area contributed by atoms with Gasteiger partial charge in [0.2, 0.25) is 0 Å². The second kappa shape index (κ2) is 7.19. The first-order valence-corrected chi connectivity index (χ1v) is 7.91. The molecule has 3 nitrogen and oxygen atoms in total. The van der Waals surface area contributed by atoms with Gasteiger partial charge in [-0.1, -0.05) is 33.8 Å². The third-order valence-corrected chi connectivity index (χ3v) is 4.22. The first kappa shape index (κ1) is 15.5. The van der Waals surface area contributed by atoms with Crippen LogP contribution in [0.5, 0.6) is 0 Å². The van der Waals surface area contributed by atoms with Crippen LogP contribution in [0.3, 0.4) is 0 Å². The number of aromatic nitrogens is 1. The normalized spacial score (nSPS) is 23.6. The third kappa shape index (κ3) is 4.57. The quantitative estimate of drug-likeness (QED) is 0.865. The van der Waals surface area contributed by atoms with Crippen LogP contribution in [0.4, 0.5) is 0 Å². The molecule has 2 heterocycles. The molecule has 1 aliphatic rings. The van der Waals surface area contributed by atoms with E-state index in [0.29, 0.717) is 5.92 Å². The fourth-order valence-electron chi connectivity index (χ4n) is 2.77. The number of likely N-dealkylation sites (tertiary alicyclic amines) is 1. The van der Waals surface area contributed by atoms with Crippen LogP contribution in [0.15, 0.2) is 18.3 Å². The average Bonchev–Trinajstić information content (AvgIpc) is 2.70. The maximum absolute atomic E-state index is 4.61. The van der Waals surface area contributed by atoms with E-state index in [1.807, 2.05) is 6.20 Å². The highest BCUT2D eigenvalue weighted by Crippen LogP contribution is 2.23. The molecule has 20 heavy (non-hydrogen) atoms. The first-order valence-electron chi connectivity index (χ1n) is 7.91. The summed E-state index contributed by atoms with van der Waals surface area (Å²) in [4.78, 5) is 7.13. The molecule has 0 amide bonds. The van der Waals surface area contributed by atoms with Gasteiger partial charge in [0.05, 0.1) is 5.69 Å². The van der Waals surface area contributed by atoms with E-state index in [2.05, 4.69) is 55.0 Å². The second-order valence-corrected chi connectivity index (χ2v) is 6.83. The van der Waals surface area contributed by atoms with Crippen LogP contribution in [0.2, 0.25) is 0 Å². The van der Waals surface area contributed by atoms with Gasteiger partial charge in [-0.15, -0.1) is 0 Å². The summed E-state index contributed by atoms with van der Waals surface area (Å²) in [6.45, 7) is 14.5. The highest BCUT2D eigenvalue weighted by Gasteiger charge is 2.25. The molecule has 1 fully saturated rings. The monoisotopic (exact) mass is 275 g/mol. The summed E-state index contributed by atoms with van der Waals surface area (Å²) in [7, 11) is 0. The Bertz CT molecular complexity index is 389. The van der Waals surface area contributed by atoms with Gasteiger partial charge in [0.25, 0.3) is 0 Å². The van der Waals surface area contributed by atoms with E-state index in [0.717, 1.165) is 31.5 Å². The standard InChI is InChI=1S/C17H29N3/c1-13(2)7-18-8-16-5-6-17(19-9-16)12-20-10-14(3)15(4)11-20/h5-6,9,13-15,18H,7-8,10-12H2,1-4H3. The number of nitrogens with zero attached hydrogens (tertiary/aromatic N) is 2. The third-order valence-electron chi connectivity index (χ3n) is 4.22. The summed E-state index contributed by atoms with van der Waals surface area (Å²) < 4.78 is 0. The van der Waals surface area contributed by atoms with Crippen LogP contribution in [-0.4, -0.2) is 29.5 Å². The molecule has 2 atom stereocenters. The van der Waals surface area contributed by atoms with Crippen molar-refractivity contribution in [3.8, 4) is 0 Å². The molecule has 0 aromatic carbocycles. The number of rotatable bonds is 6. The minimum atomic E-state index is 0.696. The zero-order valence-electron chi connectivity index (χ0n) is 13.4. The van der Waals surface area contributed by atoms with Gasteiger partial charge in [-0.25, -0.2) is 0 Å². The Morgan fingerprint density at radius 2 is 1.95 bits per heavy atom. The number of hydrogen-bond donors (Lipinski definition) is 1. The molecule has 2 rings (SSSR count). The topological polar surface area (TPSA) is 28.2 Å². The minimum absolute atomic E-state index is 0.696. The molecule has 1 aliphatic heterocycles. The zero-order chi connectivity index (χ0) is 14.5. The molecule has 3 heteroatoms. The summed E-state index contributed by atoms with van der Waals surface area (Å²) in [5.41, 5.74) is 2.47. The summed E-state index contributed by atoms with van der Waals surface area (Å²) in [6, 6.07) is 4.39. The van der Waals surface area contributed by atoms with Crippen molar-refractivity contribution in [3.05, 3.63) is 29.6 Å². The van der Waals surface area contributed by atoms with Crippen molar-refractivity contribution in [1.29, 1.82) is 0 Å². The molecule has 1 N–H and O–H groups in total. The van der Waals surface area contributed by atoms with Crippen molar-refractivity contribution in [3.63, 3.8) is 0 Å². The Morgan fingerprint density at radius 1 is 1.25 bits per heavy atom. The van der Waals surface area contributed by atoms with Crippen LogP contribution in [-0.2, 0) is 13.1 Å².